The first-order chi connectivity index (χ1) is 16.0. The van der Waals surface area contributed by atoms with Crippen molar-refractivity contribution in [3.8, 4) is 28.5 Å². The van der Waals surface area contributed by atoms with Crippen LogP contribution in [-0.2, 0) is 6.54 Å². The van der Waals surface area contributed by atoms with Crippen LogP contribution in [0.2, 0.25) is 0 Å². The summed E-state index contributed by atoms with van der Waals surface area (Å²) in [5.41, 5.74) is 5.08. The van der Waals surface area contributed by atoms with E-state index in [1.54, 1.807) is 22.8 Å². The molecule has 5 rings (SSSR count). The normalized spacial score (nSPS) is 11.1. The van der Waals surface area contributed by atoms with Crippen molar-refractivity contribution in [2.24, 2.45) is 0 Å². The van der Waals surface area contributed by atoms with E-state index in [4.69, 9.17) is 21.5 Å². The van der Waals surface area contributed by atoms with E-state index in [1.807, 2.05) is 48.5 Å². The maximum Gasteiger partial charge on any atom is 0.337 e. The van der Waals surface area contributed by atoms with Gasteiger partial charge in [0.2, 0.25) is 0 Å². The van der Waals surface area contributed by atoms with Crippen molar-refractivity contribution in [2.45, 2.75) is 6.54 Å². The average Bonchev–Trinajstić information content (AvgIpc) is 3.43. The van der Waals surface area contributed by atoms with Gasteiger partial charge in [0, 0.05) is 5.56 Å². The van der Waals surface area contributed by atoms with Crippen molar-refractivity contribution >= 4 is 29.2 Å². The van der Waals surface area contributed by atoms with Gasteiger partial charge in [-0.25, -0.2) is 9.95 Å². The van der Waals surface area contributed by atoms with E-state index in [2.05, 4.69) is 15.1 Å². The minimum Gasteiger partial charge on any atom is -0.478 e. The highest BCUT2D eigenvalue weighted by Crippen LogP contribution is 2.31. The Morgan fingerprint density at radius 3 is 2.48 bits per heavy atom. The van der Waals surface area contributed by atoms with Crippen molar-refractivity contribution in [3.05, 3.63) is 82.7 Å². The molecule has 0 fully saturated rings. The van der Waals surface area contributed by atoms with Gasteiger partial charge < -0.3 is 14.4 Å². The number of nitrogens with zero attached hydrogens (tertiary/aromatic N) is 3. The molecule has 0 aliphatic rings. The first kappa shape index (κ1) is 20.7. The fourth-order valence-corrected chi connectivity index (χ4v) is 4.03. The van der Waals surface area contributed by atoms with Gasteiger partial charge in [0.25, 0.3) is 6.01 Å². The third-order valence-corrected chi connectivity index (χ3v) is 5.55. The number of aromatic nitrogens is 4. The summed E-state index contributed by atoms with van der Waals surface area (Å²) in [6, 6.07) is 21.2. The number of carboxylic acids is 1. The Morgan fingerprint density at radius 2 is 1.82 bits per heavy atom. The second-order valence-electron chi connectivity index (χ2n) is 7.34. The van der Waals surface area contributed by atoms with Crippen LogP contribution in [0.4, 0.5) is 0 Å². The number of ether oxygens (including phenoxy) is 1. The topological polar surface area (TPSA) is 106 Å². The molecule has 0 radical (unpaired) electrons. The lowest BCUT2D eigenvalue weighted by molar-refractivity contribution is 0.0698. The highest BCUT2D eigenvalue weighted by atomic mass is 32.1. The Hall–Kier alpha value is -4.24. The molecule has 2 N–H and O–H groups in total. The van der Waals surface area contributed by atoms with Gasteiger partial charge >= 0.3 is 10.8 Å². The number of aromatic carboxylic acids is 1. The van der Waals surface area contributed by atoms with Gasteiger partial charge in [-0.2, -0.15) is 9.97 Å². The standard InChI is InChI=1S/C24H18N4O4S/c1-31-23-25-19-8-4-7-18(22(29)30)20(19)28(23)13-14-9-11-15(12-10-14)16-5-2-3-6-17(16)21-26-24(33)32-27-21/h2-12H,13H2,1H3,(H,29,30)(H,26,27,33). The van der Waals surface area contributed by atoms with Crippen LogP contribution in [0.1, 0.15) is 15.9 Å². The second-order valence-corrected chi connectivity index (χ2v) is 7.69. The monoisotopic (exact) mass is 458 g/mol. The highest BCUT2D eigenvalue weighted by Gasteiger charge is 2.18. The van der Waals surface area contributed by atoms with E-state index >= 15 is 0 Å². The molecule has 0 unspecified atom stereocenters. The van der Waals surface area contributed by atoms with Crippen LogP contribution in [0.15, 0.2) is 71.3 Å². The van der Waals surface area contributed by atoms with Gasteiger partial charge in [-0.15, -0.1) is 0 Å². The van der Waals surface area contributed by atoms with Crippen molar-refractivity contribution in [1.29, 1.82) is 0 Å². The van der Waals surface area contributed by atoms with E-state index in [1.165, 1.54) is 7.11 Å². The van der Waals surface area contributed by atoms with Gasteiger partial charge in [-0.3, -0.25) is 4.57 Å². The summed E-state index contributed by atoms with van der Waals surface area (Å²) in [4.78, 5) is 20.6. The number of benzene rings is 3. The van der Waals surface area contributed by atoms with Gasteiger partial charge in [0.05, 0.1) is 30.3 Å². The summed E-state index contributed by atoms with van der Waals surface area (Å²) in [5, 5.41) is 12.4. The van der Waals surface area contributed by atoms with Crippen LogP contribution in [-0.4, -0.2) is 37.9 Å². The van der Waals surface area contributed by atoms with Crippen molar-refractivity contribution in [2.75, 3.05) is 7.11 Å². The smallest absolute Gasteiger partial charge is 0.337 e. The Bertz CT molecular complexity index is 1530. The zero-order valence-electron chi connectivity index (χ0n) is 17.5. The molecule has 33 heavy (non-hydrogen) atoms. The van der Waals surface area contributed by atoms with Crippen LogP contribution in [0.3, 0.4) is 0 Å². The Morgan fingerprint density at radius 1 is 1.06 bits per heavy atom. The molecule has 2 aromatic heterocycles. The molecule has 0 saturated heterocycles. The summed E-state index contributed by atoms with van der Waals surface area (Å²) in [6.45, 7) is 0.405. The van der Waals surface area contributed by atoms with Crippen LogP contribution in [0.25, 0.3) is 33.5 Å². The van der Waals surface area contributed by atoms with Crippen LogP contribution >= 0.6 is 12.2 Å². The van der Waals surface area contributed by atoms with Crippen molar-refractivity contribution < 1.29 is 19.2 Å². The zero-order valence-corrected chi connectivity index (χ0v) is 18.3. The fourth-order valence-electron chi connectivity index (χ4n) is 3.90. The van der Waals surface area contributed by atoms with Crippen LogP contribution < -0.4 is 4.74 Å². The second kappa shape index (κ2) is 8.36. The lowest BCUT2D eigenvalue weighted by Crippen LogP contribution is -2.06. The van der Waals surface area contributed by atoms with Gasteiger partial charge in [0.1, 0.15) is 0 Å². The number of methoxy groups -OCH3 is 1. The van der Waals surface area contributed by atoms with Gasteiger partial charge in [-0.05, 0) is 41.0 Å². The Balaban J connectivity index is 1.52. The number of fused-ring (bicyclic) bond motifs is 1. The Kier molecular flexibility index (Phi) is 5.23. The fraction of sp³-hybridized carbons (Fsp3) is 0.0833. The van der Waals surface area contributed by atoms with E-state index in [-0.39, 0.29) is 10.4 Å². The molecule has 8 nitrogen and oxygen atoms in total. The number of para-hydroxylation sites is 1. The molecule has 5 aromatic rings. The molecule has 0 aliphatic heterocycles. The van der Waals surface area contributed by atoms with Gasteiger partial charge in [0.15, 0.2) is 5.82 Å². The molecule has 164 valence electrons. The largest absolute Gasteiger partial charge is 0.478 e. The third-order valence-electron chi connectivity index (χ3n) is 5.37. The van der Waals surface area contributed by atoms with Crippen molar-refractivity contribution in [3.63, 3.8) is 0 Å². The molecule has 0 aliphatic carbocycles. The molecule has 0 spiro atoms. The summed E-state index contributed by atoms with van der Waals surface area (Å²) in [7, 11) is 1.52. The van der Waals surface area contributed by atoms with Crippen LogP contribution in [0.5, 0.6) is 6.01 Å². The number of aromatic amines is 1. The minimum absolute atomic E-state index is 0.150. The quantitative estimate of drug-likeness (QED) is 0.338. The molecule has 3 aromatic carbocycles. The maximum absolute atomic E-state index is 11.8. The maximum atomic E-state index is 11.8. The SMILES string of the molecule is COc1nc2cccc(C(=O)O)c2n1Cc1ccc(-c2ccccc2-c2nc(=S)o[nH]2)cc1. The number of imidazole rings is 1. The summed E-state index contributed by atoms with van der Waals surface area (Å²) in [6.07, 6.45) is 0. The third kappa shape index (κ3) is 3.79. The van der Waals surface area contributed by atoms with Gasteiger partial charge in [-0.1, -0.05) is 54.6 Å². The molecule has 2 heterocycles. The van der Waals surface area contributed by atoms with Crippen molar-refractivity contribution in [1.82, 2.24) is 19.7 Å². The van der Waals surface area contributed by atoms with E-state index in [9.17, 15) is 9.90 Å². The molecule has 9 heteroatoms. The number of carbonyl (C=O) groups is 1. The number of nitrogens with one attached hydrogen (secondary N) is 1. The number of hydrogen-bond donors (Lipinski definition) is 2. The summed E-state index contributed by atoms with van der Waals surface area (Å²) in [5.74, 6) is -0.446. The molecule has 0 atom stereocenters. The minimum atomic E-state index is -1.01. The number of H-pyrrole nitrogens is 1. The Labute approximate surface area is 193 Å². The average molecular weight is 458 g/mol. The molecule has 0 bridgehead atoms. The number of hydrogen-bond acceptors (Lipinski definition) is 6. The predicted octanol–water partition coefficient (Wildman–Crippen LogP) is 5.17. The molecular weight excluding hydrogens is 440 g/mol. The van der Waals surface area contributed by atoms with E-state index in [0.29, 0.717) is 29.4 Å². The zero-order chi connectivity index (χ0) is 22.9. The lowest BCUT2D eigenvalue weighted by Gasteiger charge is -2.11. The highest BCUT2D eigenvalue weighted by molar-refractivity contribution is 7.71. The first-order valence-electron chi connectivity index (χ1n) is 10.1. The van der Waals surface area contributed by atoms with E-state index in [0.717, 1.165) is 22.3 Å². The van der Waals surface area contributed by atoms with Crippen LogP contribution in [0, 0.1) is 4.84 Å². The summed E-state index contributed by atoms with van der Waals surface area (Å²) >= 11 is 4.98. The predicted molar refractivity (Wildman–Crippen MR) is 125 cm³/mol. The molecular formula is C24H18N4O4S. The first-order valence-corrected chi connectivity index (χ1v) is 10.5. The lowest BCUT2D eigenvalue weighted by atomic mass is 9.98. The number of rotatable bonds is 6. The summed E-state index contributed by atoms with van der Waals surface area (Å²) < 4.78 is 12.3. The molecule has 0 amide bonds. The molecule has 0 saturated carbocycles. The van der Waals surface area contributed by atoms with E-state index < -0.39 is 5.97 Å². The number of carboxylic acid groups (broad SMARTS) is 1.